The highest BCUT2D eigenvalue weighted by Gasteiger charge is 2.24. The molecule has 0 bridgehead atoms. The van der Waals surface area contributed by atoms with E-state index in [0.29, 0.717) is 31.0 Å². The number of nitrogens with zero attached hydrogens (tertiary/aromatic N) is 3. The minimum absolute atomic E-state index is 0.0429. The van der Waals surface area contributed by atoms with Crippen molar-refractivity contribution in [3.8, 4) is 6.07 Å². The number of carbonyl (C=O) groups excluding carboxylic acids is 1. The molecule has 1 heterocycles. The fourth-order valence-corrected chi connectivity index (χ4v) is 2.75. The largest absolute Gasteiger partial charge is 0.372 e. The normalized spacial score (nSPS) is 20.4. The van der Waals surface area contributed by atoms with Crippen LogP contribution in [-0.2, 0) is 4.74 Å². The molecule has 0 unspecified atom stereocenters. The predicted molar refractivity (Wildman–Crippen MR) is 90.5 cm³/mol. The van der Waals surface area contributed by atoms with E-state index < -0.39 is 0 Å². The van der Waals surface area contributed by atoms with Gasteiger partial charge in [0.05, 0.1) is 30.4 Å². The summed E-state index contributed by atoms with van der Waals surface area (Å²) in [5.74, 6) is -0.381. The Hall–Kier alpha value is -2.33. The van der Waals surface area contributed by atoms with Gasteiger partial charge in [0.15, 0.2) is 0 Å². The molecule has 130 valence electrons. The Morgan fingerprint density at radius 2 is 2.12 bits per heavy atom. The number of anilines is 2. The van der Waals surface area contributed by atoms with Gasteiger partial charge in [-0.05, 0) is 32.0 Å². The number of hydrogen-bond donors (Lipinski definition) is 1. The minimum atomic E-state index is -0.381. The van der Waals surface area contributed by atoms with Crippen LogP contribution in [0.4, 0.5) is 20.6 Å². The Morgan fingerprint density at radius 3 is 2.71 bits per heavy atom. The lowest BCUT2D eigenvalue weighted by molar-refractivity contribution is -0.00539. The zero-order chi connectivity index (χ0) is 17.7. The van der Waals surface area contributed by atoms with E-state index in [1.807, 2.05) is 24.8 Å². The second-order valence-electron chi connectivity index (χ2n) is 6.09. The summed E-state index contributed by atoms with van der Waals surface area (Å²) in [5, 5.41) is 11.2. The Kier molecular flexibility index (Phi) is 5.99. The Labute approximate surface area is 141 Å². The Balaban J connectivity index is 2.04. The summed E-state index contributed by atoms with van der Waals surface area (Å²) in [6.07, 6.45) is 0.340. The fourth-order valence-electron chi connectivity index (χ4n) is 2.75. The third-order valence-electron chi connectivity index (χ3n) is 3.86. The summed E-state index contributed by atoms with van der Waals surface area (Å²) >= 11 is 0. The smallest absolute Gasteiger partial charge is 0.321 e. The van der Waals surface area contributed by atoms with E-state index in [1.54, 1.807) is 19.2 Å². The third kappa shape index (κ3) is 4.59. The molecular formula is C17H23FN4O2. The van der Waals surface area contributed by atoms with E-state index in [-0.39, 0.29) is 30.5 Å². The predicted octanol–water partition coefficient (Wildman–Crippen LogP) is 2.82. The number of carbonyl (C=O) groups is 1. The molecule has 0 spiro atoms. The molecule has 2 rings (SSSR count). The van der Waals surface area contributed by atoms with Crippen LogP contribution in [-0.4, -0.2) is 49.8 Å². The molecule has 1 saturated heterocycles. The van der Waals surface area contributed by atoms with Gasteiger partial charge in [-0.1, -0.05) is 0 Å². The number of hydrogen-bond acceptors (Lipinski definition) is 4. The van der Waals surface area contributed by atoms with Gasteiger partial charge in [-0.25, -0.2) is 9.18 Å². The molecule has 1 aliphatic heterocycles. The number of urea groups is 1. The fraction of sp³-hybridized carbons (Fsp3) is 0.529. The second kappa shape index (κ2) is 7.97. The van der Waals surface area contributed by atoms with Gasteiger partial charge in [0.2, 0.25) is 0 Å². The quantitative estimate of drug-likeness (QED) is 0.919. The number of morpholine rings is 1. The van der Waals surface area contributed by atoms with E-state index in [2.05, 4.69) is 5.32 Å². The molecule has 1 aliphatic rings. The molecule has 1 aromatic rings. The van der Waals surface area contributed by atoms with Gasteiger partial charge in [-0.2, -0.15) is 5.26 Å². The third-order valence-corrected chi connectivity index (χ3v) is 3.86. The highest BCUT2D eigenvalue weighted by atomic mass is 19.1. The van der Waals surface area contributed by atoms with Gasteiger partial charge in [-0.15, -0.1) is 0 Å². The number of rotatable bonds is 4. The van der Waals surface area contributed by atoms with Crippen molar-refractivity contribution in [2.24, 2.45) is 0 Å². The van der Waals surface area contributed by atoms with E-state index in [9.17, 15) is 9.18 Å². The molecule has 1 fully saturated rings. The van der Waals surface area contributed by atoms with Gasteiger partial charge in [-0.3, -0.25) is 0 Å². The van der Waals surface area contributed by atoms with Crippen molar-refractivity contribution in [2.75, 3.05) is 36.9 Å². The molecule has 1 N–H and O–H groups in total. The number of nitrogens with one attached hydrogen (secondary N) is 1. The molecule has 6 nitrogen and oxygen atoms in total. The van der Waals surface area contributed by atoms with Crippen molar-refractivity contribution in [3.63, 3.8) is 0 Å². The summed E-state index contributed by atoms with van der Waals surface area (Å²) in [5.41, 5.74) is 0.896. The lowest BCUT2D eigenvalue weighted by Crippen LogP contribution is -2.45. The number of benzene rings is 1. The van der Waals surface area contributed by atoms with Gasteiger partial charge in [0.25, 0.3) is 0 Å². The molecule has 1 aromatic carbocycles. The molecule has 2 amide bonds. The Bertz CT molecular complexity index is 622. The molecule has 0 aromatic heterocycles. The second-order valence-corrected chi connectivity index (χ2v) is 6.09. The highest BCUT2D eigenvalue weighted by molar-refractivity contribution is 5.89. The zero-order valence-electron chi connectivity index (χ0n) is 14.3. The first-order valence-electron chi connectivity index (χ1n) is 7.99. The lowest BCUT2D eigenvalue weighted by atomic mass is 10.2. The lowest BCUT2D eigenvalue weighted by Gasteiger charge is -2.37. The summed E-state index contributed by atoms with van der Waals surface area (Å²) in [6.45, 7) is 5.51. The summed E-state index contributed by atoms with van der Waals surface area (Å²) in [7, 11) is 1.59. The summed E-state index contributed by atoms with van der Waals surface area (Å²) < 4.78 is 20.1. The summed E-state index contributed by atoms with van der Waals surface area (Å²) in [4.78, 5) is 15.3. The molecule has 2 atom stereocenters. The SMILES string of the molecule is C[C@H]1CN(c2ccc(NC(=O)N(C)CCC#N)cc2F)C[C@H](C)O1. The maximum Gasteiger partial charge on any atom is 0.321 e. The highest BCUT2D eigenvalue weighted by Crippen LogP contribution is 2.26. The van der Waals surface area contributed by atoms with Crippen molar-refractivity contribution >= 4 is 17.4 Å². The maximum atomic E-state index is 14.5. The number of amides is 2. The van der Waals surface area contributed by atoms with E-state index in [4.69, 9.17) is 10.00 Å². The standard InChI is InChI=1S/C17H23FN4O2/c1-12-10-22(11-13(2)24-12)16-6-5-14(9-15(16)18)20-17(23)21(3)8-4-7-19/h5-6,9,12-13H,4,8,10-11H2,1-3H3,(H,20,23)/t12-,13-/m0/s1. The van der Waals surface area contributed by atoms with Crippen LogP contribution in [0.5, 0.6) is 0 Å². The van der Waals surface area contributed by atoms with Crippen LogP contribution in [0.25, 0.3) is 0 Å². The van der Waals surface area contributed by atoms with Gasteiger partial charge in [0, 0.05) is 32.4 Å². The number of nitriles is 1. The number of halogens is 1. The first-order valence-corrected chi connectivity index (χ1v) is 7.99. The van der Waals surface area contributed by atoms with Crippen molar-refractivity contribution in [1.82, 2.24) is 4.90 Å². The molecule has 7 heteroatoms. The van der Waals surface area contributed by atoms with Crippen molar-refractivity contribution in [2.45, 2.75) is 32.5 Å². The zero-order valence-corrected chi connectivity index (χ0v) is 14.3. The van der Waals surface area contributed by atoms with Crippen LogP contribution >= 0.6 is 0 Å². The Morgan fingerprint density at radius 1 is 1.46 bits per heavy atom. The molecular weight excluding hydrogens is 311 g/mol. The molecule has 0 aliphatic carbocycles. The van der Waals surface area contributed by atoms with Crippen molar-refractivity contribution < 1.29 is 13.9 Å². The van der Waals surface area contributed by atoms with Crippen LogP contribution < -0.4 is 10.2 Å². The van der Waals surface area contributed by atoms with Gasteiger partial charge >= 0.3 is 6.03 Å². The minimum Gasteiger partial charge on any atom is -0.372 e. The van der Waals surface area contributed by atoms with Crippen LogP contribution in [0, 0.1) is 17.1 Å². The number of ether oxygens (including phenoxy) is 1. The topological polar surface area (TPSA) is 68.6 Å². The summed E-state index contributed by atoms with van der Waals surface area (Å²) in [6, 6.07) is 6.28. The van der Waals surface area contributed by atoms with E-state index in [0.717, 1.165) is 0 Å². The molecule has 24 heavy (non-hydrogen) atoms. The maximum absolute atomic E-state index is 14.5. The van der Waals surface area contributed by atoms with E-state index >= 15 is 0 Å². The van der Waals surface area contributed by atoms with Gasteiger partial charge in [0.1, 0.15) is 5.82 Å². The van der Waals surface area contributed by atoms with Crippen LogP contribution in [0.1, 0.15) is 20.3 Å². The monoisotopic (exact) mass is 334 g/mol. The van der Waals surface area contributed by atoms with Crippen LogP contribution in [0.3, 0.4) is 0 Å². The average Bonchev–Trinajstić information content (AvgIpc) is 2.51. The first-order chi connectivity index (χ1) is 11.4. The van der Waals surface area contributed by atoms with Crippen LogP contribution in [0.2, 0.25) is 0 Å². The van der Waals surface area contributed by atoms with Crippen molar-refractivity contribution in [3.05, 3.63) is 24.0 Å². The van der Waals surface area contributed by atoms with Gasteiger partial charge < -0.3 is 19.9 Å². The molecule has 0 saturated carbocycles. The van der Waals surface area contributed by atoms with Crippen LogP contribution in [0.15, 0.2) is 18.2 Å². The average molecular weight is 334 g/mol. The van der Waals surface area contributed by atoms with E-state index in [1.165, 1.54) is 11.0 Å². The first kappa shape index (κ1) is 18.0. The van der Waals surface area contributed by atoms with Crippen molar-refractivity contribution in [1.29, 1.82) is 5.26 Å². The molecule has 0 radical (unpaired) electrons.